The second-order valence-corrected chi connectivity index (χ2v) is 5.76. The third kappa shape index (κ3) is 2.40. The zero-order valence-electron chi connectivity index (χ0n) is 12.8. The van der Waals surface area contributed by atoms with E-state index in [1.165, 1.54) is 16.3 Å². The number of hydrogen-bond acceptors (Lipinski definition) is 4. The molecular formula is C16H20ClN5. The Balaban J connectivity index is 0.00000144. The quantitative estimate of drug-likeness (QED) is 0.748. The molecule has 1 fully saturated rings. The minimum absolute atomic E-state index is 0. The molecule has 1 saturated heterocycles. The molecule has 1 aromatic carbocycles. The van der Waals surface area contributed by atoms with Gasteiger partial charge in [-0.2, -0.15) is 5.10 Å². The van der Waals surface area contributed by atoms with Crippen LogP contribution in [-0.2, 0) is 7.05 Å². The Morgan fingerprint density at radius 3 is 2.68 bits per heavy atom. The Labute approximate surface area is 135 Å². The van der Waals surface area contributed by atoms with Crippen molar-refractivity contribution in [2.75, 3.05) is 31.1 Å². The summed E-state index contributed by atoms with van der Waals surface area (Å²) in [5.41, 5.74) is 3.32. The molecule has 0 unspecified atom stereocenters. The second-order valence-electron chi connectivity index (χ2n) is 5.76. The Kier molecular flexibility index (Phi) is 3.93. The highest BCUT2D eigenvalue weighted by atomic mass is 35.5. The van der Waals surface area contributed by atoms with Crippen LogP contribution in [0.25, 0.3) is 21.8 Å². The monoisotopic (exact) mass is 317 g/mol. The number of halogens is 1. The molecule has 3 heterocycles. The van der Waals surface area contributed by atoms with E-state index >= 15 is 0 Å². The molecule has 116 valence electrons. The van der Waals surface area contributed by atoms with Gasteiger partial charge in [-0.1, -0.05) is 11.6 Å². The fourth-order valence-corrected chi connectivity index (χ4v) is 3.08. The lowest BCUT2D eigenvalue weighted by atomic mass is 10.1. The summed E-state index contributed by atoms with van der Waals surface area (Å²) >= 11 is 0. The molecule has 0 aliphatic carbocycles. The zero-order chi connectivity index (χ0) is 14.4. The highest BCUT2D eigenvalue weighted by Crippen LogP contribution is 2.31. The third-order valence-corrected chi connectivity index (χ3v) is 4.13. The van der Waals surface area contributed by atoms with Gasteiger partial charge in [0, 0.05) is 50.2 Å². The number of piperazine rings is 1. The van der Waals surface area contributed by atoms with Crippen molar-refractivity contribution in [2.45, 2.75) is 6.92 Å². The molecule has 0 spiro atoms. The van der Waals surface area contributed by atoms with Crippen LogP contribution in [0.5, 0.6) is 0 Å². The summed E-state index contributed by atoms with van der Waals surface area (Å²) in [6.07, 6.45) is 2.10. The number of rotatable bonds is 1. The topological polar surface area (TPSA) is 46.0 Å². The summed E-state index contributed by atoms with van der Waals surface area (Å²) < 4.78 is 1.89. The van der Waals surface area contributed by atoms with Gasteiger partial charge in [0.15, 0.2) is 5.82 Å². The Bertz CT molecular complexity index is 820. The fourth-order valence-electron chi connectivity index (χ4n) is 3.08. The zero-order valence-corrected chi connectivity index (χ0v) is 13.7. The molecule has 6 heteroatoms. The standard InChI is InChI=1S/C16H19N5.ClH/c1-11-3-4-14-12(9-11)13-10-20(2)19-15(13)16(18-14)21-7-5-17-6-8-21;/h3-4,9-10,17H,5-8H2,1-2H3;1H. The van der Waals surface area contributed by atoms with Gasteiger partial charge in [-0.25, -0.2) is 4.98 Å². The minimum Gasteiger partial charge on any atom is -0.352 e. The van der Waals surface area contributed by atoms with E-state index in [4.69, 9.17) is 4.98 Å². The summed E-state index contributed by atoms with van der Waals surface area (Å²) in [7, 11) is 1.98. The summed E-state index contributed by atoms with van der Waals surface area (Å²) in [6, 6.07) is 6.44. The highest BCUT2D eigenvalue weighted by molar-refractivity contribution is 6.08. The lowest BCUT2D eigenvalue weighted by molar-refractivity contribution is 0.586. The van der Waals surface area contributed by atoms with Gasteiger partial charge in [0.25, 0.3) is 0 Å². The molecular weight excluding hydrogens is 298 g/mol. The largest absolute Gasteiger partial charge is 0.352 e. The average molecular weight is 318 g/mol. The number of anilines is 1. The first-order valence-corrected chi connectivity index (χ1v) is 7.42. The number of aryl methyl sites for hydroxylation is 2. The SMILES string of the molecule is Cc1ccc2nc(N3CCNCC3)c3nn(C)cc3c2c1.Cl. The Morgan fingerprint density at radius 2 is 1.91 bits per heavy atom. The lowest BCUT2D eigenvalue weighted by Gasteiger charge is -2.28. The van der Waals surface area contributed by atoms with Gasteiger partial charge in [0.2, 0.25) is 0 Å². The molecule has 0 radical (unpaired) electrons. The number of benzene rings is 1. The Morgan fingerprint density at radius 1 is 1.14 bits per heavy atom. The van der Waals surface area contributed by atoms with Gasteiger partial charge in [0.1, 0.15) is 5.52 Å². The van der Waals surface area contributed by atoms with Crippen molar-refractivity contribution >= 4 is 40.0 Å². The van der Waals surface area contributed by atoms with Crippen molar-refractivity contribution < 1.29 is 0 Å². The van der Waals surface area contributed by atoms with Crippen LogP contribution >= 0.6 is 12.4 Å². The second kappa shape index (κ2) is 5.74. The molecule has 1 aliphatic rings. The molecule has 2 aromatic heterocycles. The molecule has 0 saturated carbocycles. The number of pyridine rings is 1. The molecule has 3 aromatic rings. The number of hydrogen-bond donors (Lipinski definition) is 1. The minimum atomic E-state index is 0. The van der Waals surface area contributed by atoms with Gasteiger partial charge in [0.05, 0.1) is 5.52 Å². The van der Waals surface area contributed by atoms with E-state index in [2.05, 4.69) is 46.6 Å². The van der Waals surface area contributed by atoms with Gasteiger partial charge >= 0.3 is 0 Å². The van der Waals surface area contributed by atoms with Gasteiger partial charge in [-0.05, 0) is 19.1 Å². The van der Waals surface area contributed by atoms with Crippen molar-refractivity contribution in [1.82, 2.24) is 20.1 Å². The van der Waals surface area contributed by atoms with Gasteiger partial charge < -0.3 is 10.2 Å². The molecule has 0 amide bonds. The van der Waals surface area contributed by atoms with Crippen LogP contribution < -0.4 is 10.2 Å². The first-order valence-electron chi connectivity index (χ1n) is 7.42. The predicted molar refractivity (Wildman–Crippen MR) is 93.1 cm³/mol. The fraction of sp³-hybridized carbons (Fsp3) is 0.375. The molecule has 1 N–H and O–H groups in total. The first-order chi connectivity index (χ1) is 10.2. The smallest absolute Gasteiger partial charge is 0.157 e. The van der Waals surface area contributed by atoms with Crippen LogP contribution in [0.1, 0.15) is 5.56 Å². The van der Waals surface area contributed by atoms with Gasteiger partial charge in [-0.3, -0.25) is 4.68 Å². The predicted octanol–water partition coefficient (Wildman–Crippen LogP) is 2.26. The van der Waals surface area contributed by atoms with E-state index in [0.29, 0.717) is 0 Å². The van der Waals surface area contributed by atoms with Crippen LogP contribution in [0.2, 0.25) is 0 Å². The van der Waals surface area contributed by atoms with Crippen LogP contribution in [0.3, 0.4) is 0 Å². The molecule has 1 aliphatic heterocycles. The van der Waals surface area contributed by atoms with Crippen molar-refractivity contribution in [3.05, 3.63) is 30.0 Å². The number of fused-ring (bicyclic) bond motifs is 3. The maximum atomic E-state index is 4.90. The van der Waals surface area contributed by atoms with E-state index in [1.807, 2.05) is 11.7 Å². The molecule has 22 heavy (non-hydrogen) atoms. The highest BCUT2D eigenvalue weighted by Gasteiger charge is 2.19. The average Bonchev–Trinajstić information content (AvgIpc) is 2.89. The molecule has 0 bridgehead atoms. The van der Waals surface area contributed by atoms with E-state index < -0.39 is 0 Å². The third-order valence-electron chi connectivity index (χ3n) is 4.13. The normalized spacial score (nSPS) is 15.3. The molecule has 5 nitrogen and oxygen atoms in total. The van der Waals surface area contributed by atoms with Gasteiger partial charge in [-0.15, -0.1) is 12.4 Å². The maximum Gasteiger partial charge on any atom is 0.157 e. The Hall–Kier alpha value is -1.85. The van der Waals surface area contributed by atoms with Crippen molar-refractivity contribution in [2.24, 2.45) is 7.05 Å². The maximum absolute atomic E-state index is 4.90. The van der Waals surface area contributed by atoms with Crippen molar-refractivity contribution in [1.29, 1.82) is 0 Å². The summed E-state index contributed by atoms with van der Waals surface area (Å²) in [4.78, 5) is 7.24. The van der Waals surface area contributed by atoms with E-state index in [1.54, 1.807) is 0 Å². The molecule has 4 rings (SSSR count). The number of nitrogens with one attached hydrogen (secondary N) is 1. The van der Waals surface area contributed by atoms with E-state index in [0.717, 1.165) is 43.0 Å². The number of aromatic nitrogens is 3. The first kappa shape index (κ1) is 15.1. The summed E-state index contributed by atoms with van der Waals surface area (Å²) in [5.74, 6) is 1.02. The van der Waals surface area contributed by atoms with Crippen LogP contribution in [0.15, 0.2) is 24.4 Å². The van der Waals surface area contributed by atoms with Crippen LogP contribution in [-0.4, -0.2) is 40.9 Å². The van der Waals surface area contributed by atoms with Crippen LogP contribution in [0, 0.1) is 6.92 Å². The molecule has 0 atom stereocenters. The summed E-state index contributed by atoms with van der Waals surface area (Å²) in [5, 5.41) is 10.4. The van der Waals surface area contributed by atoms with Crippen molar-refractivity contribution in [3.8, 4) is 0 Å². The van der Waals surface area contributed by atoms with Crippen LogP contribution in [0.4, 0.5) is 5.82 Å². The lowest BCUT2D eigenvalue weighted by Crippen LogP contribution is -2.44. The van der Waals surface area contributed by atoms with E-state index in [9.17, 15) is 0 Å². The number of nitrogens with zero attached hydrogens (tertiary/aromatic N) is 4. The van der Waals surface area contributed by atoms with Crippen molar-refractivity contribution in [3.63, 3.8) is 0 Å². The van der Waals surface area contributed by atoms with E-state index in [-0.39, 0.29) is 12.4 Å². The summed E-state index contributed by atoms with van der Waals surface area (Å²) in [6.45, 7) is 6.09.